The monoisotopic (exact) mass is 352 g/mol. The van der Waals surface area contributed by atoms with Crippen LogP contribution in [0.5, 0.6) is 0 Å². The van der Waals surface area contributed by atoms with Gasteiger partial charge in [0.15, 0.2) is 17.0 Å². The third kappa shape index (κ3) is 2.59. The van der Waals surface area contributed by atoms with Gasteiger partial charge in [-0.2, -0.15) is 0 Å². The first-order valence-corrected chi connectivity index (χ1v) is 8.43. The maximum Gasteiger partial charge on any atom is 0.184 e. The van der Waals surface area contributed by atoms with Gasteiger partial charge >= 0.3 is 0 Å². The molecule has 0 aliphatic heterocycles. The number of fused-ring (bicyclic) bond motifs is 2. The minimum absolute atomic E-state index is 0.118. The lowest BCUT2D eigenvalue weighted by Crippen LogP contribution is -2.17. The maximum atomic E-state index is 5.91. The van der Waals surface area contributed by atoms with Crippen molar-refractivity contribution in [3.63, 3.8) is 0 Å². The minimum atomic E-state index is 0.118. The van der Waals surface area contributed by atoms with Crippen molar-refractivity contribution in [1.82, 2.24) is 39.5 Å². The minimum Gasteiger partial charge on any atom is -0.383 e. The van der Waals surface area contributed by atoms with Crippen molar-refractivity contribution < 1.29 is 0 Å². The van der Waals surface area contributed by atoms with Gasteiger partial charge in [-0.1, -0.05) is 5.21 Å². The predicted molar refractivity (Wildman–Crippen MR) is 98.6 cm³/mol. The Balaban J connectivity index is 1.59. The van der Waals surface area contributed by atoms with Gasteiger partial charge in [-0.25, -0.2) is 24.6 Å². The summed E-state index contributed by atoms with van der Waals surface area (Å²) in [6.07, 6.45) is 4.97. The molecule has 1 atom stereocenters. The first kappa shape index (κ1) is 16.2. The van der Waals surface area contributed by atoms with E-state index in [0.29, 0.717) is 23.7 Å². The van der Waals surface area contributed by atoms with E-state index >= 15 is 0 Å². The number of nitrogens with two attached hydrogens (primary N) is 1. The second-order valence-electron chi connectivity index (χ2n) is 6.47. The lowest BCUT2D eigenvalue weighted by molar-refractivity contribution is 0.526. The van der Waals surface area contributed by atoms with Crippen LogP contribution >= 0.6 is 0 Å². The smallest absolute Gasteiger partial charge is 0.184 e. The molecule has 0 aliphatic carbocycles. The quantitative estimate of drug-likeness (QED) is 0.557. The molecular weight excluding hydrogens is 332 g/mol. The van der Waals surface area contributed by atoms with E-state index in [1.807, 2.05) is 26.1 Å². The van der Waals surface area contributed by atoms with Crippen LogP contribution in [0.4, 0.5) is 11.6 Å². The van der Waals surface area contributed by atoms with E-state index in [2.05, 4.69) is 47.1 Å². The topological polar surface area (TPSA) is 125 Å². The highest BCUT2D eigenvalue weighted by Gasteiger charge is 2.15. The Bertz CT molecular complexity index is 1060. The Morgan fingerprint density at radius 3 is 2.65 bits per heavy atom. The molecule has 0 fully saturated rings. The summed E-state index contributed by atoms with van der Waals surface area (Å²) in [6.45, 7) is 6.80. The molecule has 4 aromatic heterocycles. The molecule has 10 nitrogen and oxygen atoms in total. The fourth-order valence-electron chi connectivity index (χ4n) is 2.93. The van der Waals surface area contributed by atoms with Crippen LogP contribution in [0.1, 0.15) is 32.9 Å². The van der Waals surface area contributed by atoms with E-state index in [9.17, 15) is 0 Å². The second-order valence-corrected chi connectivity index (χ2v) is 6.47. The number of nitrogens with zero attached hydrogens (tertiary/aromatic N) is 8. The van der Waals surface area contributed by atoms with E-state index in [1.165, 1.54) is 12.7 Å². The molecule has 0 saturated heterocycles. The molecule has 0 aromatic carbocycles. The van der Waals surface area contributed by atoms with Crippen LogP contribution in [-0.2, 0) is 0 Å². The zero-order valence-electron chi connectivity index (χ0n) is 14.8. The third-order valence-electron chi connectivity index (χ3n) is 4.33. The zero-order valence-corrected chi connectivity index (χ0v) is 14.8. The fraction of sp³-hybridized carbons (Fsp3) is 0.375. The Morgan fingerprint density at radius 2 is 1.85 bits per heavy atom. The van der Waals surface area contributed by atoms with Crippen LogP contribution in [0, 0.1) is 0 Å². The molecule has 0 bridgehead atoms. The summed E-state index contributed by atoms with van der Waals surface area (Å²) in [5.41, 5.74) is 8.10. The number of anilines is 2. The number of nitrogens with one attached hydrogen (secondary N) is 1. The second kappa shape index (κ2) is 6.21. The van der Waals surface area contributed by atoms with Gasteiger partial charge in [0.05, 0.1) is 11.4 Å². The van der Waals surface area contributed by atoms with Crippen molar-refractivity contribution in [2.45, 2.75) is 32.9 Å². The highest BCUT2D eigenvalue weighted by molar-refractivity contribution is 5.86. The molecule has 4 heterocycles. The lowest BCUT2D eigenvalue weighted by Gasteiger charge is -2.16. The standard InChI is InChI=1S/C16H20N10/c1-9(2)26-16-12(23-24-26)14(20-8-22-16)18-6-10(3)25-5-4-11-13(17)19-7-21-15(11)25/h4-5,7-10H,6H2,1-3H3,(H2,17,19,21)(H,18,20,22). The van der Waals surface area contributed by atoms with Gasteiger partial charge in [0.2, 0.25) is 0 Å². The summed E-state index contributed by atoms with van der Waals surface area (Å²) in [7, 11) is 0. The third-order valence-corrected chi connectivity index (χ3v) is 4.33. The first-order valence-electron chi connectivity index (χ1n) is 8.43. The maximum absolute atomic E-state index is 5.91. The average molecular weight is 352 g/mol. The lowest BCUT2D eigenvalue weighted by atomic mass is 10.3. The van der Waals surface area contributed by atoms with Crippen LogP contribution in [0.25, 0.3) is 22.2 Å². The van der Waals surface area contributed by atoms with E-state index in [1.54, 1.807) is 4.68 Å². The van der Waals surface area contributed by atoms with Gasteiger partial charge in [-0.15, -0.1) is 5.10 Å². The van der Waals surface area contributed by atoms with Gasteiger partial charge in [0.25, 0.3) is 0 Å². The van der Waals surface area contributed by atoms with Crippen molar-refractivity contribution in [3.05, 3.63) is 24.9 Å². The fourth-order valence-corrected chi connectivity index (χ4v) is 2.93. The SMILES string of the molecule is CC(CNc1ncnc2c1nnn2C(C)C)n1ccc2c(N)ncnc21. The van der Waals surface area contributed by atoms with Gasteiger partial charge < -0.3 is 15.6 Å². The van der Waals surface area contributed by atoms with Gasteiger partial charge in [0.1, 0.15) is 24.1 Å². The van der Waals surface area contributed by atoms with Crippen LogP contribution in [0.3, 0.4) is 0 Å². The van der Waals surface area contributed by atoms with E-state index < -0.39 is 0 Å². The van der Waals surface area contributed by atoms with Crippen molar-refractivity contribution in [3.8, 4) is 0 Å². The Kier molecular flexibility index (Phi) is 3.86. The molecule has 1 unspecified atom stereocenters. The molecule has 3 N–H and O–H groups in total. The molecule has 10 heteroatoms. The van der Waals surface area contributed by atoms with Crippen LogP contribution in [0.15, 0.2) is 24.9 Å². The first-order chi connectivity index (χ1) is 12.6. The Morgan fingerprint density at radius 1 is 1.08 bits per heavy atom. The highest BCUT2D eigenvalue weighted by atomic mass is 15.5. The molecule has 4 aromatic rings. The molecule has 134 valence electrons. The number of hydrogen-bond acceptors (Lipinski definition) is 8. The Labute approximate surface area is 149 Å². The summed E-state index contributed by atoms with van der Waals surface area (Å²) in [5, 5.41) is 12.6. The predicted octanol–water partition coefficient (Wildman–Crippen LogP) is 1.80. The van der Waals surface area contributed by atoms with E-state index in [0.717, 1.165) is 16.7 Å². The van der Waals surface area contributed by atoms with Gasteiger partial charge in [-0.05, 0) is 26.8 Å². The van der Waals surface area contributed by atoms with Crippen molar-refractivity contribution in [2.75, 3.05) is 17.6 Å². The largest absolute Gasteiger partial charge is 0.383 e. The number of nitrogen functional groups attached to an aromatic ring is 1. The number of aromatic nitrogens is 8. The van der Waals surface area contributed by atoms with Crippen LogP contribution in [-0.4, -0.2) is 46.0 Å². The zero-order chi connectivity index (χ0) is 18.3. The summed E-state index contributed by atoms with van der Waals surface area (Å²) in [4.78, 5) is 17.0. The molecule has 26 heavy (non-hydrogen) atoms. The molecule has 0 spiro atoms. The Hall–Kier alpha value is -3.30. The molecule has 0 aliphatic rings. The molecule has 4 rings (SSSR count). The number of rotatable bonds is 5. The van der Waals surface area contributed by atoms with Crippen molar-refractivity contribution >= 4 is 33.8 Å². The van der Waals surface area contributed by atoms with Crippen molar-refractivity contribution in [1.29, 1.82) is 0 Å². The normalized spacial score (nSPS) is 12.9. The summed E-state index contributed by atoms with van der Waals surface area (Å²) in [6, 6.07) is 2.23. The molecule has 0 radical (unpaired) electrons. The van der Waals surface area contributed by atoms with E-state index in [-0.39, 0.29) is 12.1 Å². The highest BCUT2D eigenvalue weighted by Crippen LogP contribution is 2.23. The molecule has 0 amide bonds. The van der Waals surface area contributed by atoms with Crippen LogP contribution in [0.2, 0.25) is 0 Å². The van der Waals surface area contributed by atoms with Crippen LogP contribution < -0.4 is 11.1 Å². The van der Waals surface area contributed by atoms with E-state index in [4.69, 9.17) is 5.73 Å². The summed E-state index contributed by atoms with van der Waals surface area (Å²) >= 11 is 0. The van der Waals surface area contributed by atoms with Gasteiger partial charge in [0, 0.05) is 18.8 Å². The molecular formula is C16H20N10. The number of hydrogen-bond donors (Lipinski definition) is 2. The van der Waals surface area contributed by atoms with Gasteiger partial charge in [-0.3, -0.25) is 0 Å². The molecule has 0 saturated carbocycles. The van der Waals surface area contributed by atoms with Crippen molar-refractivity contribution in [2.24, 2.45) is 0 Å². The summed E-state index contributed by atoms with van der Waals surface area (Å²) in [5.74, 6) is 1.15. The average Bonchev–Trinajstić information content (AvgIpc) is 3.24. The summed E-state index contributed by atoms with van der Waals surface area (Å²) < 4.78 is 3.84.